The Morgan fingerprint density at radius 3 is 2.14 bits per heavy atom. The van der Waals surface area contributed by atoms with E-state index in [9.17, 15) is 0 Å². The molecule has 0 radical (unpaired) electrons. The van der Waals surface area contributed by atoms with Gasteiger partial charge in [0.25, 0.3) is 0 Å². The van der Waals surface area contributed by atoms with Gasteiger partial charge in [-0.05, 0) is 12.6 Å². The van der Waals surface area contributed by atoms with Gasteiger partial charge in [-0.15, -0.1) is 11.1 Å². The summed E-state index contributed by atoms with van der Waals surface area (Å²) in [6.45, 7) is 3.81. The first-order valence-corrected chi connectivity index (χ1v) is 6.04. The van der Waals surface area contributed by atoms with E-state index < -0.39 is 7.63 Å². The van der Waals surface area contributed by atoms with Gasteiger partial charge in [-0.3, -0.25) is 0 Å². The second-order valence-electron chi connectivity index (χ2n) is 1.53. The monoisotopic (exact) mass is 158 g/mol. The van der Waals surface area contributed by atoms with Crippen LogP contribution < -0.4 is 0 Å². The summed E-state index contributed by atoms with van der Waals surface area (Å²) in [6.07, 6.45) is 0. The summed E-state index contributed by atoms with van der Waals surface area (Å²) in [5.74, 6) is 0. The Hall–Kier alpha value is 0.757. The van der Waals surface area contributed by atoms with Crippen molar-refractivity contribution in [2.75, 3.05) is 0 Å². The van der Waals surface area contributed by atoms with Gasteiger partial charge in [0.15, 0.2) is 0 Å². The van der Waals surface area contributed by atoms with E-state index in [1.54, 1.807) is 0 Å². The Morgan fingerprint density at radius 1 is 1.71 bits per heavy atom. The fourth-order valence-electron chi connectivity index (χ4n) is 0.0546. The maximum Gasteiger partial charge on any atom is 0.309 e. The molecular formula is C3H8Cl2OSi. The summed E-state index contributed by atoms with van der Waals surface area (Å²) in [5.41, 5.74) is 0. The maximum atomic E-state index is 5.69. The Labute approximate surface area is 54.6 Å². The zero-order valence-corrected chi connectivity index (χ0v) is 6.88. The summed E-state index contributed by atoms with van der Waals surface area (Å²) in [7, 11) is -1.91. The van der Waals surface area contributed by atoms with Gasteiger partial charge in [0.2, 0.25) is 0 Å². The second-order valence-corrected chi connectivity index (χ2v) is 7.46. The van der Waals surface area contributed by atoms with E-state index in [-0.39, 0.29) is 0 Å². The fourth-order valence-corrected chi connectivity index (χ4v) is 0.491. The molecule has 0 amide bonds. The molecule has 0 aliphatic rings. The van der Waals surface area contributed by atoms with Gasteiger partial charge in [-0.25, -0.2) is 0 Å². The van der Waals surface area contributed by atoms with Gasteiger partial charge in [-0.2, -0.15) is 0 Å². The first-order valence-electron chi connectivity index (χ1n) is 2.11. The van der Waals surface area contributed by atoms with Crippen LogP contribution in [0.25, 0.3) is 0 Å². The normalized spacial score (nSPS) is 18.9. The molecule has 1 nitrogen and oxygen atoms in total. The van der Waals surface area contributed by atoms with E-state index in [0.717, 1.165) is 6.04 Å². The molecule has 44 valence electrons. The second kappa shape index (κ2) is 2.92. The van der Waals surface area contributed by atoms with Crippen molar-refractivity contribution in [1.29, 1.82) is 0 Å². The standard InChI is InChI=1S/C3H8Cl2OSi/c1-3-7(2,5)6-4/h3H2,1-2H3. The third kappa shape index (κ3) is 3.35. The summed E-state index contributed by atoms with van der Waals surface area (Å²) < 4.78 is 4.46. The molecular weight excluding hydrogens is 151 g/mol. The fraction of sp³-hybridized carbons (Fsp3) is 1.00. The molecule has 0 aliphatic heterocycles. The molecule has 0 saturated carbocycles. The van der Waals surface area contributed by atoms with Crippen LogP contribution >= 0.6 is 22.9 Å². The minimum atomic E-state index is -1.91. The van der Waals surface area contributed by atoms with E-state index in [2.05, 4.69) is 3.98 Å². The molecule has 0 spiro atoms. The van der Waals surface area contributed by atoms with Crippen LogP contribution in [0.5, 0.6) is 0 Å². The zero-order valence-electron chi connectivity index (χ0n) is 4.37. The van der Waals surface area contributed by atoms with Crippen LogP contribution in [-0.4, -0.2) is 7.63 Å². The minimum absolute atomic E-state index is 0.845. The highest BCUT2D eigenvalue weighted by molar-refractivity contribution is 7.16. The van der Waals surface area contributed by atoms with E-state index in [1.165, 1.54) is 0 Å². The van der Waals surface area contributed by atoms with Crippen LogP contribution in [0.15, 0.2) is 0 Å². The van der Waals surface area contributed by atoms with Crippen molar-refractivity contribution in [3.05, 3.63) is 0 Å². The lowest BCUT2D eigenvalue weighted by Crippen LogP contribution is -2.20. The predicted molar refractivity (Wildman–Crippen MR) is 34.9 cm³/mol. The van der Waals surface area contributed by atoms with Crippen molar-refractivity contribution in [3.63, 3.8) is 0 Å². The number of hydrogen-bond acceptors (Lipinski definition) is 1. The Bertz CT molecular complexity index is 50.9. The highest BCUT2D eigenvalue weighted by Crippen LogP contribution is 2.16. The Morgan fingerprint density at radius 2 is 2.14 bits per heavy atom. The number of hydrogen-bond donors (Lipinski definition) is 0. The molecule has 0 aromatic carbocycles. The highest BCUT2D eigenvalue weighted by atomic mass is 35.6. The molecule has 0 rings (SSSR count). The molecule has 0 aromatic heterocycles. The third-order valence-electron chi connectivity index (χ3n) is 0.792. The Balaban J connectivity index is 3.36. The average molecular weight is 159 g/mol. The molecule has 0 heterocycles. The molecule has 0 fully saturated rings. The van der Waals surface area contributed by atoms with E-state index in [1.807, 2.05) is 13.5 Å². The molecule has 0 saturated heterocycles. The molecule has 0 aliphatic carbocycles. The zero-order chi connectivity index (χ0) is 5.91. The first-order chi connectivity index (χ1) is 3.12. The molecule has 0 bridgehead atoms. The van der Waals surface area contributed by atoms with Gasteiger partial charge in [0, 0.05) is 11.9 Å². The van der Waals surface area contributed by atoms with Crippen molar-refractivity contribution in [1.82, 2.24) is 0 Å². The lowest BCUT2D eigenvalue weighted by molar-refractivity contribution is 0.630. The van der Waals surface area contributed by atoms with Crippen LogP contribution in [-0.2, 0) is 3.98 Å². The van der Waals surface area contributed by atoms with E-state index >= 15 is 0 Å². The molecule has 1 unspecified atom stereocenters. The van der Waals surface area contributed by atoms with Gasteiger partial charge in [0.1, 0.15) is 0 Å². The van der Waals surface area contributed by atoms with E-state index in [0.29, 0.717) is 0 Å². The van der Waals surface area contributed by atoms with Crippen LogP contribution in [0.4, 0.5) is 0 Å². The number of rotatable bonds is 2. The molecule has 7 heavy (non-hydrogen) atoms. The summed E-state index contributed by atoms with van der Waals surface area (Å²) >= 11 is 10.7. The first kappa shape index (κ1) is 7.76. The maximum absolute atomic E-state index is 5.69. The Kier molecular flexibility index (Phi) is 3.24. The van der Waals surface area contributed by atoms with Crippen molar-refractivity contribution in [3.8, 4) is 0 Å². The topological polar surface area (TPSA) is 9.23 Å². The molecule has 0 aromatic rings. The van der Waals surface area contributed by atoms with Gasteiger partial charge >= 0.3 is 7.63 Å². The quantitative estimate of drug-likeness (QED) is 0.444. The summed E-state index contributed by atoms with van der Waals surface area (Å²) in [5, 5.41) is 0. The van der Waals surface area contributed by atoms with E-state index in [4.69, 9.17) is 22.9 Å². The largest absolute Gasteiger partial charge is 0.309 e. The van der Waals surface area contributed by atoms with Crippen LogP contribution in [0.1, 0.15) is 6.92 Å². The van der Waals surface area contributed by atoms with Crippen molar-refractivity contribution >= 4 is 30.6 Å². The van der Waals surface area contributed by atoms with Gasteiger partial charge < -0.3 is 3.98 Å². The third-order valence-corrected chi connectivity index (χ3v) is 4.67. The van der Waals surface area contributed by atoms with Crippen LogP contribution in [0, 0.1) is 0 Å². The highest BCUT2D eigenvalue weighted by Gasteiger charge is 2.22. The molecule has 1 atom stereocenters. The van der Waals surface area contributed by atoms with Crippen LogP contribution in [0.2, 0.25) is 12.6 Å². The summed E-state index contributed by atoms with van der Waals surface area (Å²) in [4.78, 5) is 0. The lowest BCUT2D eigenvalue weighted by atomic mass is 11.0. The molecule has 4 heteroatoms. The van der Waals surface area contributed by atoms with Crippen LogP contribution in [0.3, 0.4) is 0 Å². The average Bonchev–Trinajstić information content (AvgIpc) is 1.68. The molecule has 0 N–H and O–H groups in total. The van der Waals surface area contributed by atoms with Gasteiger partial charge in [-0.1, -0.05) is 6.92 Å². The smallest absolute Gasteiger partial charge is 0.306 e. The van der Waals surface area contributed by atoms with Crippen molar-refractivity contribution < 1.29 is 3.98 Å². The number of halogens is 2. The van der Waals surface area contributed by atoms with Crippen molar-refractivity contribution in [2.24, 2.45) is 0 Å². The lowest BCUT2D eigenvalue weighted by Gasteiger charge is -2.09. The van der Waals surface area contributed by atoms with Crippen molar-refractivity contribution in [2.45, 2.75) is 19.5 Å². The predicted octanol–water partition coefficient (Wildman–Crippen LogP) is 2.49. The SMILES string of the molecule is CC[Si](C)(Cl)OCl. The van der Waals surface area contributed by atoms with Gasteiger partial charge in [0.05, 0.1) is 0 Å². The minimum Gasteiger partial charge on any atom is -0.306 e. The summed E-state index contributed by atoms with van der Waals surface area (Å²) in [6, 6.07) is 0.845.